The van der Waals surface area contributed by atoms with Gasteiger partial charge in [-0.25, -0.2) is 0 Å². The number of rotatable bonds is 6. The molecule has 7 heteroatoms. The third kappa shape index (κ3) is 5.18. The normalized spacial score (nSPS) is 11.4. The van der Waals surface area contributed by atoms with Crippen molar-refractivity contribution in [1.82, 2.24) is 0 Å². The molecule has 0 atom stereocenters. The van der Waals surface area contributed by atoms with E-state index >= 15 is 0 Å². The molecule has 0 saturated carbocycles. The van der Waals surface area contributed by atoms with Crippen molar-refractivity contribution in [1.29, 1.82) is 0 Å². The molecule has 0 radical (unpaired) electrons. The summed E-state index contributed by atoms with van der Waals surface area (Å²) in [4.78, 5) is 20.2. The highest BCUT2D eigenvalue weighted by Gasteiger charge is 2.16. The first kappa shape index (κ1) is 20.9. The lowest BCUT2D eigenvalue weighted by molar-refractivity contribution is 0.373. The Morgan fingerprint density at radius 2 is 1.24 bits per heavy atom. The van der Waals surface area contributed by atoms with Crippen LogP contribution in [-0.2, 0) is 11.0 Å². The van der Waals surface area contributed by atoms with Gasteiger partial charge in [-0.05, 0) is 73.4 Å². The van der Waals surface area contributed by atoms with E-state index in [9.17, 15) is 4.57 Å². The quantitative estimate of drug-likeness (QED) is 0.347. The summed E-state index contributed by atoms with van der Waals surface area (Å²) in [5, 5.41) is 0. The van der Waals surface area contributed by atoms with Crippen molar-refractivity contribution in [3.05, 3.63) is 77.4 Å². The first-order valence-electron chi connectivity index (χ1n) is 9.30. The van der Waals surface area contributed by atoms with Gasteiger partial charge in [-0.1, -0.05) is 24.3 Å². The summed E-state index contributed by atoms with van der Waals surface area (Å²) in [5.74, 6) is 0. The average molecular weight is 411 g/mol. The van der Waals surface area contributed by atoms with Crippen molar-refractivity contribution in [2.75, 3.05) is 22.5 Å². The molecule has 0 spiro atoms. The van der Waals surface area contributed by atoms with Crippen molar-refractivity contribution < 1.29 is 14.4 Å². The van der Waals surface area contributed by atoms with Crippen LogP contribution >= 0.6 is 7.60 Å². The molecule has 3 aromatic rings. The van der Waals surface area contributed by atoms with Gasteiger partial charge in [0.05, 0.1) is 6.16 Å². The molecule has 0 fully saturated rings. The Morgan fingerprint density at radius 1 is 0.793 bits per heavy atom. The van der Waals surface area contributed by atoms with Gasteiger partial charge in [0.1, 0.15) is 0 Å². The van der Waals surface area contributed by atoms with Gasteiger partial charge in [-0.2, -0.15) is 0 Å². The number of anilines is 5. The summed E-state index contributed by atoms with van der Waals surface area (Å²) < 4.78 is 11.1. The molecule has 3 rings (SSSR count). The van der Waals surface area contributed by atoms with E-state index in [1.807, 2.05) is 74.5 Å². The van der Waals surface area contributed by atoms with Gasteiger partial charge in [-0.3, -0.25) is 4.57 Å². The Labute approximate surface area is 170 Å². The van der Waals surface area contributed by atoms with Crippen molar-refractivity contribution in [2.24, 2.45) is 0 Å². The maximum Gasteiger partial charge on any atom is 0.325 e. The highest BCUT2D eigenvalue weighted by Crippen LogP contribution is 2.38. The molecular formula is C22H26N3O3P. The second-order valence-corrected chi connectivity index (χ2v) is 9.00. The zero-order valence-electron chi connectivity index (χ0n) is 16.5. The van der Waals surface area contributed by atoms with Gasteiger partial charge in [0, 0.05) is 28.4 Å². The second-order valence-electron chi connectivity index (χ2n) is 7.22. The molecule has 0 saturated heterocycles. The van der Waals surface area contributed by atoms with Crippen LogP contribution in [0.4, 0.5) is 28.4 Å². The number of nitrogens with two attached hydrogens (primary N) is 2. The van der Waals surface area contributed by atoms with Gasteiger partial charge in [0.15, 0.2) is 0 Å². The highest BCUT2D eigenvalue weighted by atomic mass is 31.2. The smallest absolute Gasteiger partial charge is 0.325 e. The van der Waals surface area contributed by atoms with E-state index in [0.29, 0.717) is 17.8 Å². The van der Waals surface area contributed by atoms with E-state index in [2.05, 4.69) is 4.90 Å². The molecule has 0 bridgehead atoms. The molecule has 0 aromatic heterocycles. The van der Waals surface area contributed by atoms with E-state index in [1.54, 1.807) is 0 Å². The van der Waals surface area contributed by atoms with Crippen LogP contribution < -0.4 is 16.4 Å². The van der Waals surface area contributed by atoms with E-state index in [4.69, 9.17) is 21.3 Å². The van der Waals surface area contributed by atoms with E-state index in [-0.39, 0.29) is 6.16 Å². The monoisotopic (exact) mass is 411 g/mol. The molecule has 0 aliphatic carbocycles. The van der Waals surface area contributed by atoms with Crippen LogP contribution in [-0.4, -0.2) is 15.9 Å². The molecule has 0 aliphatic heterocycles. The molecule has 0 aliphatic rings. The van der Waals surface area contributed by atoms with Crippen molar-refractivity contribution >= 4 is 36.0 Å². The molecular weight excluding hydrogens is 385 g/mol. The van der Waals surface area contributed by atoms with E-state index < -0.39 is 7.60 Å². The standard InChI is InChI=1S/C22H26N3O3P/c1-15-3-7-19(13-21(15)23)25(20-8-4-16(2)22(24)14-20)18-9-5-17(6-10-18)11-12-29(26,27)28/h3-10,13-14H,11-12,23-24H2,1-2H3,(H2,26,27,28). The van der Waals surface area contributed by atoms with Crippen LogP contribution in [0.25, 0.3) is 0 Å². The average Bonchev–Trinajstić information content (AvgIpc) is 2.66. The summed E-state index contributed by atoms with van der Waals surface area (Å²) >= 11 is 0. The first-order valence-corrected chi connectivity index (χ1v) is 11.1. The first-order chi connectivity index (χ1) is 13.6. The molecule has 29 heavy (non-hydrogen) atoms. The Hall–Kier alpha value is -2.79. The minimum atomic E-state index is -4.02. The molecule has 6 nitrogen and oxygen atoms in total. The predicted octanol–water partition coefficient (Wildman–Crippen LogP) is 4.66. The molecule has 6 N–H and O–H groups in total. The van der Waals surface area contributed by atoms with Crippen LogP contribution in [0.3, 0.4) is 0 Å². The minimum absolute atomic E-state index is 0.168. The van der Waals surface area contributed by atoms with Crippen LogP contribution in [0.1, 0.15) is 16.7 Å². The Bertz CT molecular complexity index is 1010. The molecule has 0 unspecified atom stereocenters. The fourth-order valence-electron chi connectivity index (χ4n) is 3.07. The lowest BCUT2D eigenvalue weighted by atomic mass is 10.1. The third-order valence-corrected chi connectivity index (χ3v) is 5.73. The van der Waals surface area contributed by atoms with Crippen molar-refractivity contribution in [3.8, 4) is 0 Å². The summed E-state index contributed by atoms with van der Waals surface area (Å²) in [6, 6.07) is 19.4. The highest BCUT2D eigenvalue weighted by molar-refractivity contribution is 7.51. The summed E-state index contributed by atoms with van der Waals surface area (Å²) in [6.45, 7) is 3.92. The zero-order valence-corrected chi connectivity index (χ0v) is 17.4. The number of nitrogens with zero attached hydrogens (tertiary/aromatic N) is 1. The second kappa shape index (κ2) is 8.29. The Morgan fingerprint density at radius 3 is 1.66 bits per heavy atom. The number of hydrogen-bond donors (Lipinski definition) is 4. The van der Waals surface area contributed by atoms with E-state index in [1.165, 1.54) is 0 Å². The zero-order chi connectivity index (χ0) is 21.2. The Balaban J connectivity index is 2.01. The van der Waals surface area contributed by atoms with Crippen molar-refractivity contribution in [3.63, 3.8) is 0 Å². The fraction of sp³-hybridized carbons (Fsp3) is 0.182. The van der Waals surface area contributed by atoms with E-state index in [0.717, 1.165) is 33.8 Å². The maximum atomic E-state index is 11.1. The largest absolute Gasteiger partial charge is 0.398 e. The van der Waals surface area contributed by atoms with Gasteiger partial charge < -0.3 is 26.2 Å². The SMILES string of the molecule is Cc1ccc(N(c2ccc(CCP(=O)(O)O)cc2)c2ccc(C)c(N)c2)cc1N. The van der Waals surface area contributed by atoms with Gasteiger partial charge in [0.2, 0.25) is 0 Å². The third-order valence-electron chi connectivity index (χ3n) is 4.93. The minimum Gasteiger partial charge on any atom is -0.398 e. The number of hydrogen-bond acceptors (Lipinski definition) is 4. The number of aryl methyl sites for hydroxylation is 3. The molecule has 0 heterocycles. The topological polar surface area (TPSA) is 113 Å². The molecule has 3 aromatic carbocycles. The number of nitrogen functional groups attached to an aromatic ring is 2. The lowest BCUT2D eigenvalue weighted by Gasteiger charge is -2.26. The van der Waals surface area contributed by atoms with Crippen LogP contribution in [0.5, 0.6) is 0 Å². The van der Waals surface area contributed by atoms with Crippen LogP contribution in [0.15, 0.2) is 60.7 Å². The molecule has 152 valence electrons. The summed E-state index contributed by atoms with van der Waals surface area (Å²) in [5.41, 5.74) is 19.3. The van der Waals surface area contributed by atoms with Crippen LogP contribution in [0.2, 0.25) is 0 Å². The van der Waals surface area contributed by atoms with Gasteiger partial charge >= 0.3 is 7.60 Å². The maximum absolute atomic E-state index is 11.1. The van der Waals surface area contributed by atoms with Gasteiger partial charge in [-0.15, -0.1) is 0 Å². The predicted molar refractivity (Wildman–Crippen MR) is 120 cm³/mol. The van der Waals surface area contributed by atoms with Crippen molar-refractivity contribution in [2.45, 2.75) is 20.3 Å². The summed E-state index contributed by atoms with van der Waals surface area (Å²) in [7, 11) is -4.02. The fourth-order valence-corrected chi connectivity index (χ4v) is 3.62. The summed E-state index contributed by atoms with van der Waals surface area (Å²) in [6.07, 6.45) is 0.151. The van der Waals surface area contributed by atoms with Crippen LogP contribution in [0, 0.1) is 13.8 Å². The van der Waals surface area contributed by atoms with Gasteiger partial charge in [0.25, 0.3) is 0 Å². The Kier molecular flexibility index (Phi) is 5.99. The number of benzene rings is 3. The lowest BCUT2D eigenvalue weighted by Crippen LogP contribution is -2.11. The molecule has 0 amide bonds.